The molecule has 2 saturated heterocycles. The van der Waals surface area contributed by atoms with Gasteiger partial charge < -0.3 is 5.11 Å². The molecule has 2 aliphatic carbocycles. The highest BCUT2D eigenvalue weighted by atomic mass is 35.5. The summed E-state index contributed by atoms with van der Waals surface area (Å²) in [4.78, 5) is 52.7. The van der Waals surface area contributed by atoms with Crippen LogP contribution in [0.2, 0.25) is 0 Å². The van der Waals surface area contributed by atoms with Crippen molar-refractivity contribution in [1.29, 1.82) is 0 Å². The predicted octanol–water partition coefficient (Wildman–Crippen LogP) is 4.11. The van der Waals surface area contributed by atoms with Crippen LogP contribution < -0.4 is 4.90 Å². The normalized spacial score (nSPS) is 34.3. The van der Waals surface area contributed by atoms with E-state index >= 15 is 0 Å². The smallest absolute Gasteiger partial charge is 0.258 e. The van der Waals surface area contributed by atoms with Gasteiger partial charge in [-0.05, 0) is 67.6 Å². The average molecular weight is 557 g/mol. The molecule has 38 heavy (non-hydrogen) atoms. The standard InChI is InChI=1S/C28H23Cl2FN2O5/c1-2-32-23(35)19-11-10-18-20(21(19)24(32)36)13-27(29)25(37)33(16-8-6-15(31)7-9-16)26(38)28(27,30)22(18)14-4-3-5-17(34)12-14/h3-10,12,19-22,34H,2,11,13H2,1H3. The van der Waals surface area contributed by atoms with Crippen molar-refractivity contribution in [3.63, 3.8) is 0 Å². The number of nitrogens with zero attached hydrogens (tertiary/aromatic N) is 2. The van der Waals surface area contributed by atoms with E-state index in [0.717, 1.165) is 17.0 Å². The Morgan fingerprint density at radius 2 is 1.71 bits per heavy atom. The van der Waals surface area contributed by atoms with Crippen molar-refractivity contribution in [2.75, 3.05) is 11.4 Å². The van der Waals surface area contributed by atoms with Gasteiger partial charge in [0.25, 0.3) is 11.8 Å². The first-order valence-electron chi connectivity index (χ1n) is 12.4. The summed E-state index contributed by atoms with van der Waals surface area (Å²) >= 11 is 14.4. The van der Waals surface area contributed by atoms with Crippen LogP contribution in [0.25, 0.3) is 0 Å². The van der Waals surface area contributed by atoms with E-state index in [4.69, 9.17) is 23.2 Å². The van der Waals surface area contributed by atoms with Crippen LogP contribution in [0.5, 0.6) is 5.75 Å². The van der Waals surface area contributed by atoms with E-state index in [2.05, 4.69) is 0 Å². The molecule has 7 nitrogen and oxygen atoms in total. The van der Waals surface area contributed by atoms with E-state index < -0.39 is 51.1 Å². The van der Waals surface area contributed by atoms with Crippen molar-refractivity contribution < 1.29 is 28.7 Å². The Morgan fingerprint density at radius 3 is 2.37 bits per heavy atom. The third kappa shape index (κ3) is 3.07. The summed E-state index contributed by atoms with van der Waals surface area (Å²) in [7, 11) is 0. The lowest BCUT2D eigenvalue weighted by Gasteiger charge is -2.50. The number of carbonyl (C=O) groups is 4. The molecular formula is C28H23Cl2FN2O5. The lowest BCUT2D eigenvalue weighted by molar-refractivity contribution is -0.140. The number of aromatic hydroxyl groups is 1. The summed E-state index contributed by atoms with van der Waals surface area (Å²) < 4.78 is 13.7. The van der Waals surface area contributed by atoms with Crippen molar-refractivity contribution in [1.82, 2.24) is 4.90 Å². The number of amides is 4. The molecule has 2 heterocycles. The largest absolute Gasteiger partial charge is 0.508 e. The lowest BCUT2D eigenvalue weighted by Crippen LogP contribution is -2.60. The molecule has 4 amide bonds. The summed E-state index contributed by atoms with van der Waals surface area (Å²) in [5.41, 5.74) is 1.21. The Kier molecular flexibility index (Phi) is 5.53. The van der Waals surface area contributed by atoms with Gasteiger partial charge in [0, 0.05) is 12.5 Å². The predicted molar refractivity (Wildman–Crippen MR) is 137 cm³/mol. The molecular weight excluding hydrogens is 534 g/mol. The number of anilines is 1. The van der Waals surface area contributed by atoms with E-state index in [1.165, 1.54) is 29.2 Å². The van der Waals surface area contributed by atoms with E-state index in [1.807, 2.05) is 6.08 Å². The van der Waals surface area contributed by atoms with Crippen LogP contribution in [0.1, 0.15) is 31.2 Å². The summed E-state index contributed by atoms with van der Waals surface area (Å²) in [6.45, 7) is 1.95. The van der Waals surface area contributed by atoms with Gasteiger partial charge >= 0.3 is 0 Å². The van der Waals surface area contributed by atoms with Gasteiger partial charge in [-0.15, -0.1) is 23.2 Å². The van der Waals surface area contributed by atoms with E-state index in [-0.39, 0.29) is 42.6 Å². The summed E-state index contributed by atoms with van der Waals surface area (Å²) in [5.74, 6) is -5.72. The molecule has 3 fully saturated rings. The van der Waals surface area contributed by atoms with Crippen molar-refractivity contribution >= 4 is 52.5 Å². The number of phenols is 1. The van der Waals surface area contributed by atoms with Gasteiger partial charge in [-0.3, -0.25) is 24.1 Å². The number of halogens is 3. The fourth-order valence-electron chi connectivity index (χ4n) is 6.85. The molecule has 2 aromatic carbocycles. The maximum absolute atomic E-state index is 14.1. The van der Waals surface area contributed by atoms with Crippen LogP contribution >= 0.6 is 23.2 Å². The van der Waals surface area contributed by atoms with Gasteiger partial charge in [0.1, 0.15) is 11.6 Å². The number of imide groups is 2. The highest BCUT2D eigenvalue weighted by Crippen LogP contribution is 2.65. The molecule has 1 N–H and O–H groups in total. The van der Waals surface area contributed by atoms with Gasteiger partial charge in [0.2, 0.25) is 11.8 Å². The number of phenolic OH excluding ortho intramolecular Hbond substituents is 1. The molecule has 10 heteroatoms. The Bertz CT molecular complexity index is 1440. The van der Waals surface area contributed by atoms with E-state index in [9.17, 15) is 28.7 Å². The number of fused-ring (bicyclic) bond motifs is 4. The first kappa shape index (κ1) is 25.1. The summed E-state index contributed by atoms with van der Waals surface area (Å²) in [5, 5.41) is 10.3. The second-order valence-corrected chi connectivity index (χ2v) is 11.5. The van der Waals surface area contributed by atoms with Crippen LogP contribution in [0.3, 0.4) is 0 Å². The SMILES string of the molecule is CCN1C(=O)C2CC=C3C(CC4(Cl)C(=O)N(c5ccc(F)cc5)C(=O)C4(Cl)C3c3cccc(O)c3)C2C1=O. The molecule has 196 valence electrons. The van der Waals surface area contributed by atoms with E-state index in [1.54, 1.807) is 19.1 Å². The van der Waals surface area contributed by atoms with Crippen LogP contribution in [0.15, 0.2) is 60.2 Å². The lowest BCUT2D eigenvalue weighted by atomic mass is 9.56. The van der Waals surface area contributed by atoms with Crippen LogP contribution in [0.4, 0.5) is 10.1 Å². The molecule has 6 atom stereocenters. The minimum absolute atomic E-state index is 0.0733. The number of alkyl halides is 2. The zero-order chi connectivity index (χ0) is 27.1. The van der Waals surface area contributed by atoms with Crippen molar-refractivity contribution in [3.05, 3.63) is 71.6 Å². The molecule has 4 aliphatic rings. The Balaban J connectivity index is 1.56. The minimum atomic E-state index is -2.01. The quantitative estimate of drug-likeness (QED) is 0.348. The highest BCUT2D eigenvalue weighted by molar-refractivity contribution is 6.58. The summed E-state index contributed by atoms with van der Waals surface area (Å²) in [6, 6.07) is 11.1. The number of benzene rings is 2. The Labute approximate surface area is 227 Å². The Morgan fingerprint density at radius 1 is 1.00 bits per heavy atom. The molecule has 2 aliphatic heterocycles. The van der Waals surface area contributed by atoms with Crippen molar-refractivity contribution in [2.24, 2.45) is 17.8 Å². The molecule has 6 rings (SSSR count). The molecule has 6 unspecified atom stereocenters. The number of rotatable bonds is 3. The topological polar surface area (TPSA) is 95.0 Å². The van der Waals surface area contributed by atoms with Crippen LogP contribution in [0, 0.1) is 23.6 Å². The van der Waals surface area contributed by atoms with E-state index in [0.29, 0.717) is 11.1 Å². The zero-order valence-electron chi connectivity index (χ0n) is 20.2. The minimum Gasteiger partial charge on any atom is -0.508 e. The molecule has 2 aromatic rings. The maximum atomic E-state index is 14.1. The van der Waals surface area contributed by atoms with Gasteiger partial charge in [-0.2, -0.15) is 0 Å². The number of hydrogen-bond acceptors (Lipinski definition) is 5. The third-order valence-corrected chi connectivity index (χ3v) is 9.92. The van der Waals surface area contributed by atoms with Crippen molar-refractivity contribution in [2.45, 2.75) is 35.4 Å². The number of hydrogen-bond donors (Lipinski definition) is 1. The first-order valence-corrected chi connectivity index (χ1v) is 13.2. The van der Waals surface area contributed by atoms with Crippen LogP contribution in [-0.2, 0) is 19.2 Å². The fourth-order valence-corrected chi connectivity index (χ4v) is 7.79. The number of carbonyl (C=O) groups excluding carboxylic acids is 4. The number of allylic oxidation sites excluding steroid dienone is 2. The van der Waals surface area contributed by atoms with Crippen molar-refractivity contribution in [3.8, 4) is 5.75 Å². The van der Waals surface area contributed by atoms with Gasteiger partial charge in [0.05, 0.1) is 17.5 Å². The molecule has 0 radical (unpaired) electrons. The molecule has 0 aromatic heterocycles. The first-order chi connectivity index (χ1) is 18.0. The van der Waals surface area contributed by atoms with Crippen LogP contribution in [-0.4, -0.2) is 49.9 Å². The second kappa shape index (κ2) is 8.38. The monoisotopic (exact) mass is 556 g/mol. The molecule has 0 bridgehead atoms. The number of likely N-dealkylation sites (tertiary alicyclic amines) is 1. The highest BCUT2D eigenvalue weighted by Gasteiger charge is 2.76. The zero-order valence-corrected chi connectivity index (χ0v) is 21.7. The Hall–Kier alpha value is -3.23. The molecule has 0 spiro atoms. The van der Waals surface area contributed by atoms with Gasteiger partial charge in [-0.25, -0.2) is 9.29 Å². The van der Waals surface area contributed by atoms with Gasteiger partial charge in [-0.1, -0.05) is 23.8 Å². The second-order valence-electron chi connectivity index (χ2n) is 10.3. The maximum Gasteiger partial charge on any atom is 0.258 e. The molecule has 1 saturated carbocycles. The fraction of sp³-hybridized carbons (Fsp3) is 0.357. The summed E-state index contributed by atoms with van der Waals surface area (Å²) in [6.07, 6.45) is 1.97. The average Bonchev–Trinajstić information content (AvgIpc) is 3.22. The van der Waals surface area contributed by atoms with Gasteiger partial charge in [0.15, 0.2) is 9.75 Å². The third-order valence-electron chi connectivity index (χ3n) is 8.51.